The molecule has 0 fully saturated rings. The largest absolute Gasteiger partial charge is 0.368 e. The topological polar surface area (TPSA) is 75.6 Å². The monoisotopic (exact) mass is 205 g/mol. The molecule has 2 aromatic rings. The van der Waals surface area contributed by atoms with Gasteiger partial charge in [-0.1, -0.05) is 0 Å². The number of hydrogen-bond donors (Lipinski definition) is 2. The van der Waals surface area contributed by atoms with Crippen LogP contribution in [0.4, 0.5) is 5.82 Å². The summed E-state index contributed by atoms with van der Waals surface area (Å²) in [5.74, 6) is 0.582. The second-order valence-corrected chi connectivity index (χ2v) is 3.02. The summed E-state index contributed by atoms with van der Waals surface area (Å²) in [6, 6.07) is 1.42. The Hall–Kier alpha value is -2.11. The van der Waals surface area contributed by atoms with E-state index in [1.807, 2.05) is 10.8 Å². The Bertz CT molecular complexity index is 461. The highest BCUT2D eigenvalue weighted by Crippen LogP contribution is 1.94. The molecule has 0 aliphatic carbocycles. The number of nitrogens with one attached hydrogen (secondary N) is 2. The van der Waals surface area contributed by atoms with Crippen LogP contribution in [0, 0.1) is 0 Å². The van der Waals surface area contributed by atoms with Crippen LogP contribution in [0.1, 0.15) is 0 Å². The highest BCUT2D eigenvalue weighted by atomic mass is 16.1. The van der Waals surface area contributed by atoms with Crippen LogP contribution in [0.3, 0.4) is 0 Å². The molecule has 2 rings (SSSR count). The highest BCUT2D eigenvalue weighted by molar-refractivity contribution is 5.31. The average Bonchev–Trinajstić information content (AvgIpc) is 2.71. The molecule has 0 aliphatic heterocycles. The lowest BCUT2D eigenvalue weighted by molar-refractivity contribution is 0.725. The molecule has 0 amide bonds. The average molecular weight is 205 g/mol. The minimum Gasteiger partial charge on any atom is -0.368 e. The van der Waals surface area contributed by atoms with Crippen LogP contribution in [-0.2, 0) is 6.54 Å². The van der Waals surface area contributed by atoms with Crippen molar-refractivity contribution in [1.82, 2.24) is 19.5 Å². The van der Waals surface area contributed by atoms with E-state index in [0.29, 0.717) is 12.4 Å². The first-order valence-electron chi connectivity index (χ1n) is 4.59. The summed E-state index contributed by atoms with van der Waals surface area (Å²) in [4.78, 5) is 21.3. The van der Waals surface area contributed by atoms with Gasteiger partial charge in [0.05, 0.1) is 12.7 Å². The zero-order valence-electron chi connectivity index (χ0n) is 8.05. The molecule has 2 heterocycles. The number of H-pyrrole nitrogens is 1. The quantitative estimate of drug-likeness (QED) is 0.741. The van der Waals surface area contributed by atoms with Crippen LogP contribution >= 0.6 is 0 Å². The molecule has 6 nitrogen and oxygen atoms in total. The summed E-state index contributed by atoms with van der Waals surface area (Å²) in [6.07, 6.45) is 6.73. The normalized spacial score (nSPS) is 10.1. The van der Waals surface area contributed by atoms with Crippen molar-refractivity contribution in [3.05, 3.63) is 41.5 Å². The first-order valence-corrected chi connectivity index (χ1v) is 4.59. The number of hydrogen-bond acceptors (Lipinski definition) is 4. The van der Waals surface area contributed by atoms with E-state index in [-0.39, 0.29) is 5.56 Å². The van der Waals surface area contributed by atoms with Crippen molar-refractivity contribution in [2.75, 3.05) is 11.9 Å². The fraction of sp³-hybridized carbons (Fsp3) is 0.222. The molecule has 78 valence electrons. The van der Waals surface area contributed by atoms with Crippen LogP contribution < -0.4 is 10.9 Å². The Morgan fingerprint density at radius 1 is 1.53 bits per heavy atom. The molecule has 0 saturated carbocycles. The molecule has 2 aromatic heterocycles. The van der Waals surface area contributed by atoms with Gasteiger partial charge in [0.15, 0.2) is 0 Å². The number of aromatic amines is 1. The van der Waals surface area contributed by atoms with E-state index in [9.17, 15) is 4.79 Å². The lowest BCUT2D eigenvalue weighted by Gasteiger charge is -2.04. The van der Waals surface area contributed by atoms with E-state index in [1.54, 1.807) is 12.5 Å². The Morgan fingerprint density at radius 2 is 2.47 bits per heavy atom. The maximum Gasteiger partial charge on any atom is 0.252 e. The summed E-state index contributed by atoms with van der Waals surface area (Å²) in [5.41, 5.74) is -0.157. The Balaban J connectivity index is 1.86. The Labute approximate surface area is 86.0 Å². The van der Waals surface area contributed by atoms with Crippen LogP contribution in [0.2, 0.25) is 0 Å². The van der Waals surface area contributed by atoms with Crippen LogP contribution in [-0.4, -0.2) is 26.1 Å². The summed E-state index contributed by atoms with van der Waals surface area (Å²) in [7, 11) is 0. The Kier molecular flexibility index (Phi) is 2.77. The van der Waals surface area contributed by atoms with Gasteiger partial charge in [-0.3, -0.25) is 4.79 Å². The maximum absolute atomic E-state index is 10.9. The van der Waals surface area contributed by atoms with Crippen LogP contribution in [0.25, 0.3) is 0 Å². The third-order valence-electron chi connectivity index (χ3n) is 1.91. The van der Waals surface area contributed by atoms with E-state index in [1.165, 1.54) is 12.4 Å². The standard InChI is InChI=1S/C9H11N5O/c15-9-5-8(12-6-13-9)11-2-4-14-3-1-10-7-14/h1,3,5-7H,2,4H2,(H2,11,12,13,15). The lowest BCUT2D eigenvalue weighted by Crippen LogP contribution is -2.13. The predicted octanol–water partition coefficient (Wildman–Crippen LogP) is 0.0785. The van der Waals surface area contributed by atoms with Gasteiger partial charge in [-0.15, -0.1) is 0 Å². The van der Waals surface area contributed by atoms with E-state index in [2.05, 4.69) is 20.3 Å². The van der Waals surface area contributed by atoms with E-state index in [4.69, 9.17) is 0 Å². The molecule has 0 spiro atoms. The molecule has 0 aliphatic rings. The minimum atomic E-state index is -0.157. The first-order chi connectivity index (χ1) is 7.34. The maximum atomic E-state index is 10.9. The van der Waals surface area contributed by atoms with Crippen LogP contribution in [0.15, 0.2) is 35.9 Å². The number of anilines is 1. The second-order valence-electron chi connectivity index (χ2n) is 3.02. The van der Waals surface area contributed by atoms with Crippen molar-refractivity contribution < 1.29 is 0 Å². The zero-order chi connectivity index (χ0) is 10.5. The molecule has 15 heavy (non-hydrogen) atoms. The molecular weight excluding hydrogens is 194 g/mol. The number of nitrogens with zero attached hydrogens (tertiary/aromatic N) is 3. The Morgan fingerprint density at radius 3 is 3.20 bits per heavy atom. The third kappa shape index (κ3) is 2.67. The van der Waals surface area contributed by atoms with Crippen molar-refractivity contribution in [1.29, 1.82) is 0 Å². The number of aromatic nitrogens is 4. The molecular formula is C9H11N5O. The van der Waals surface area contributed by atoms with Crippen molar-refractivity contribution >= 4 is 5.82 Å². The van der Waals surface area contributed by atoms with Crippen molar-refractivity contribution in [3.8, 4) is 0 Å². The summed E-state index contributed by atoms with van der Waals surface area (Å²) in [6.45, 7) is 1.49. The molecule has 0 aromatic carbocycles. The predicted molar refractivity (Wildman–Crippen MR) is 55.6 cm³/mol. The van der Waals surface area contributed by atoms with E-state index in [0.717, 1.165) is 6.54 Å². The van der Waals surface area contributed by atoms with Gasteiger partial charge in [-0.25, -0.2) is 9.97 Å². The lowest BCUT2D eigenvalue weighted by atomic mass is 10.5. The third-order valence-corrected chi connectivity index (χ3v) is 1.91. The van der Waals surface area contributed by atoms with Gasteiger partial charge < -0.3 is 14.9 Å². The molecule has 2 N–H and O–H groups in total. The number of rotatable bonds is 4. The molecule has 0 radical (unpaired) electrons. The molecule has 0 saturated heterocycles. The summed E-state index contributed by atoms with van der Waals surface area (Å²) < 4.78 is 1.94. The highest BCUT2D eigenvalue weighted by Gasteiger charge is 1.94. The van der Waals surface area contributed by atoms with E-state index < -0.39 is 0 Å². The van der Waals surface area contributed by atoms with Gasteiger partial charge >= 0.3 is 0 Å². The fourth-order valence-electron chi connectivity index (χ4n) is 1.20. The first kappa shape index (κ1) is 9.45. The van der Waals surface area contributed by atoms with Crippen molar-refractivity contribution in [3.63, 3.8) is 0 Å². The second kappa shape index (κ2) is 4.41. The molecule has 0 atom stereocenters. The van der Waals surface area contributed by atoms with Gasteiger partial charge in [0.25, 0.3) is 5.56 Å². The van der Waals surface area contributed by atoms with Gasteiger partial charge in [-0.2, -0.15) is 0 Å². The summed E-state index contributed by atoms with van der Waals surface area (Å²) >= 11 is 0. The van der Waals surface area contributed by atoms with Gasteiger partial charge in [0.2, 0.25) is 0 Å². The van der Waals surface area contributed by atoms with Gasteiger partial charge in [-0.05, 0) is 0 Å². The van der Waals surface area contributed by atoms with Gasteiger partial charge in [0, 0.05) is 31.5 Å². The molecule has 0 bridgehead atoms. The van der Waals surface area contributed by atoms with Crippen molar-refractivity contribution in [2.24, 2.45) is 0 Å². The summed E-state index contributed by atoms with van der Waals surface area (Å²) in [5, 5.41) is 3.04. The van der Waals surface area contributed by atoms with Gasteiger partial charge in [0.1, 0.15) is 5.82 Å². The molecule has 0 unspecified atom stereocenters. The SMILES string of the molecule is O=c1cc(NCCn2ccnc2)nc[nH]1. The van der Waals surface area contributed by atoms with Crippen LogP contribution in [0.5, 0.6) is 0 Å². The molecule has 6 heteroatoms. The minimum absolute atomic E-state index is 0.157. The van der Waals surface area contributed by atoms with Crippen molar-refractivity contribution in [2.45, 2.75) is 6.54 Å². The number of imidazole rings is 1. The zero-order valence-corrected chi connectivity index (χ0v) is 8.05. The van der Waals surface area contributed by atoms with E-state index >= 15 is 0 Å². The smallest absolute Gasteiger partial charge is 0.252 e. The fourth-order valence-corrected chi connectivity index (χ4v) is 1.20.